The van der Waals surface area contributed by atoms with Crippen LogP contribution in [0.3, 0.4) is 0 Å². The SMILES string of the molecule is CCOC(=O)Cc1ncccc1C(=O)Nc1ccc(Br)c(C(F)(F)F)c1. The topological polar surface area (TPSA) is 68.3 Å². The zero-order chi connectivity index (χ0) is 19.3. The maximum absolute atomic E-state index is 13.0. The molecule has 0 saturated heterocycles. The van der Waals surface area contributed by atoms with Crippen LogP contribution in [0.25, 0.3) is 0 Å². The monoisotopic (exact) mass is 430 g/mol. The van der Waals surface area contributed by atoms with Crippen molar-refractivity contribution in [1.82, 2.24) is 4.98 Å². The van der Waals surface area contributed by atoms with E-state index < -0.39 is 23.6 Å². The Balaban J connectivity index is 2.25. The molecule has 1 aromatic carbocycles. The number of hydrogen-bond acceptors (Lipinski definition) is 4. The number of alkyl halides is 3. The van der Waals surface area contributed by atoms with E-state index >= 15 is 0 Å². The van der Waals surface area contributed by atoms with Crippen molar-refractivity contribution in [3.63, 3.8) is 0 Å². The number of hydrogen-bond donors (Lipinski definition) is 1. The number of carbonyl (C=O) groups is 2. The molecule has 138 valence electrons. The van der Waals surface area contributed by atoms with Crippen molar-refractivity contribution in [3.8, 4) is 0 Å². The summed E-state index contributed by atoms with van der Waals surface area (Å²) in [6, 6.07) is 6.27. The lowest BCUT2D eigenvalue weighted by Crippen LogP contribution is -2.18. The molecule has 1 N–H and O–H groups in total. The van der Waals surface area contributed by atoms with Crippen LogP contribution in [0.4, 0.5) is 18.9 Å². The lowest BCUT2D eigenvalue weighted by molar-refractivity contribution is -0.142. The molecule has 0 aliphatic rings. The maximum atomic E-state index is 13.0. The third-order valence-corrected chi connectivity index (χ3v) is 3.97. The van der Waals surface area contributed by atoms with Gasteiger partial charge in [0.2, 0.25) is 0 Å². The van der Waals surface area contributed by atoms with Gasteiger partial charge < -0.3 is 10.1 Å². The van der Waals surface area contributed by atoms with Crippen LogP contribution in [0, 0.1) is 0 Å². The molecule has 0 saturated carbocycles. The largest absolute Gasteiger partial charge is 0.466 e. The third-order valence-electron chi connectivity index (χ3n) is 3.28. The van der Waals surface area contributed by atoms with Crippen molar-refractivity contribution in [2.45, 2.75) is 19.5 Å². The van der Waals surface area contributed by atoms with Gasteiger partial charge in [0, 0.05) is 16.4 Å². The first-order valence-electron chi connectivity index (χ1n) is 7.50. The van der Waals surface area contributed by atoms with Gasteiger partial charge in [0.15, 0.2) is 0 Å². The van der Waals surface area contributed by atoms with Crippen LogP contribution in [-0.2, 0) is 22.1 Å². The highest BCUT2D eigenvalue weighted by Gasteiger charge is 2.33. The number of pyridine rings is 1. The van der Waals surface area contributed by atoms with Gasteiger partial charge >= 0.3 is 12.1 Å². The summed E-state index contributed by atoms with van der Waals surface area (Å²) in [5, 5.41) is 2.39. The lowest BCUT2D eigenvalue weighted by atomic mass is 10.1. The minimum atomic E-state index is -4.57. The van der Waals surface area contributed by atoms with Crippen molar-refractivity contribution < 1.29 is 27.5 Å². The normalized spacial score (nSPS) is 11.1. The number of amides is 1. The minimum Gasteiger partial charge on any atom is -0.466 e. The van der Waals surface area contributed by atoms with Crippen molar-refractivity contribution in [2.75, 3.05) is 11.9 Å². The van der Waals surface area contributed by atoms with Crippen LogP contribution in [0.1, 0.15) is 28.5 Å². The molecule has 26 heavy (non-hydrogen) atoms. The van der Waals surface area contributed by atoms with Crippen molar-refractivity contribution >= 4 is 33.5 Å². The third kappa shape index (κ3) is 5.04. The van der Waals surface area contributed by atoms with E-state index in [4.69, 9.17) is 4.74 Å². The molecule has 1 aromatic heterocycles. The fourth-order valence-electron chi connectivity index (χ4n) is 2.15. The Morgan fingerprint density at radius 3 is 2.65 bits per heavy atom. The van der Waals surface area contributed by atoms with E-state index in [1.807, 2.05) is 0 Å². The van der Waals surface area contributed by atoms with Gasteiger partial charge in [-0.05, 0) is 37.3 Å². The first kappa shape index (κ1) is 19.9. The predicted octanol–water partition coefficient (Wildman–Crippen LogP) is 4.22. The zero-order valence-corrected chi connectivity index (χ0v) is 15.1. The minimum absolute atomic E-state index is 0.0311. The molecule has 0 radical (unpaired) electrons. The van der Waals surface area contributed by atoms with Crippen molar-refractivity contribution in [1.29, 1.82) is 0 Å². The Hall–Kier alpha value is -2.42. The van der Waals surface area contributed by atoms with Crippen LogP contribution >= 0.6 is 15.9 Å². The maximum Gasteiger partial charge on any atom is 0.417 e. The molecule has 5 nitrogen and oxygen atoms in total. The Morgan fingerprint density at radius 2 is 2.00 bits per heavy atom. The Labute approximate surface area is 155 Å². The van der Waals surface area contributed by atoms with Gasteiger partial charge in [-0.3, -0.25) is 14.6 Å². The number of rotatable bonds is 5. The molecule has 2 aromatic rings. The van der Waals surface area contributed by atoms with E-state index in [0.717, 1.165) is 6.07 Å². The van der Waals surface area contributed by atoms with Gasteiger partial charge in [-0.2, -0.15) is 13.2 Å². The second-order valence-electron chi connectivity index (χ2n) is 5.13. The summed E-state index contributed by atoms with van der Waals surface area (Å²) in [6.07, 6.45) is -3.37. The molecule has 0 fully saturated rings. The van der Waals surface area contributed by atoms with Crippen LogP contribution in [0.2, 0.25) is 0 Å². The molecule has 9 heteroatoms. The Bertz CT molecular complexity index is 825. The quantitative estimate of drug-likeness (QED) is 0.720. The highest BCUT2D eigenvalue weighted by atomic mass is 79.9. The summed E-state index contributed by atoms with van der Waals surface area (Å²) in [5.74, 6) is -1.23. The molecule has 0 atom stereocenters. The average molecular weight is 431 g/mol. The van der Waals surface area contributed by atoms with Crippen LogP contribution < -0.4 is 5.32 Å². The fraction of sp³-hybridized carbons (Fsp3) is 0.235. The van der Waals surface area contributed by atoms with Gasteiger partial charge in [-0.15, -0.1) is 0 Å². The first-order valence-corrected chi connectivity index (χ1v) is 8.29. The van der Waals surface area contributed by atoms with E-state index in [1.165, 1.54) is 30.5 Å². The molecule has 1 heterocycles. The summed E-state index contributed by atoms with van der Waals surface area (Å²) >= 11 is 2.84. The lowest BCUT2D eigenvalue weighted by Gasteiger charge is -2.13. The van der Waals surface area contributed by atoms with Gasteiger partial charge in [-0.25, -0.2) is 0 Å². The van der Waals surface area contributed by atoms with Crippen LogP contribution in [0.5, 0.6) is 0 Å². The molecule has 0 bridgehead atoms. The number of ether oxygens (including phenoxy) is 1. The molecular weight excluding hydrogens is 417 g/mol. The second kappa shape index (κ2) is 8.31. The number of halogens is 4. The van der Waals surface area contributed by atoms with E-state index in [0.29, 0.717) is 0 Å². The molecule has 1 amide bonds. The van der Waals surface area contributed by atoms with E-state index in [9.17, 15) is 22.8 Å². The molecule has 2 rings (SSSR count). The number of nitrogens with one attached hydrogen (secondary N) is 1. The highest BCUT2D eigenvalue weighted by Crippen LogP contribution is 2.36. The van der Waals surface area contributed by atoms with E-state index in [-0.39, 0.29) is 34.4 Å². The fourth-order valence-corrected chi connectivity index (χ4v) is 2.62. The van der Waals surface area contributed by atoms with Gasteiger partial charge in [-0.1, -0.05) is 15.9 Å². The van der Waals surface area contributed by atoms with Gasteiger partial charge in [0.05, 0.1) is 29.8 Å². The highest BCUT2D eigenvalue weighted by molar-refractivity contribution is 9.10. The first-order chi connectivity index (χ1) is 12.2. The molecule has 0 unspecified atom stereocenters. The van der Waals surface area contributed by atoms with E-state index in [2.05, 4.69) is 26.2 Å². The number of nitrogens with zero attached hydrogens (tertiary/aromatic N) is 1. The molecule has 0 spiro atoms. The molecule has 0 aliphatic heterocycles. The second-order valence-corrected chi connectivity index (χ2v) is 5.98. The Morgan fingerprint density at radius 1 is 1.27 bits per heavy atom. The van der Waals surface area contributed by atoms with Crippen molar-refractivity contribution in [2.24, 2.45) is 0 Å². The number of esters is 1. The molecule has 0 aliphatic carbocycles. The summed E-state index contributed by atoms with van der Waals surface area (Å²) in [7, 11) is 0. The smallest absolute Gasteiger partial charge is 0.417 e. The summed E-state index contributed by atoms with van der Waals surface area (Å²) in [5.41, 5.74) is -0.682. The average Bonchev–Trinajstić information content (AvgIpc) is 2.56. The number of benzene rings is 1. The number of anilines is 1. The summed E-state index contributed by atoms with van der Waals surface area (Å²) in [4.78, 5) is 28.0. The summed E-state index contributed by atoms with van der Waals surface area (Å²) < 4.78 is 43.6. The summed E-state index contributed by atoms with van der Waals surface area (Å²) in [6.45, 7) is 1.84. The Kier molecular flexibility index (Phi) is 6.36. The van der Waals surface area contributed by atoms with E-state index in [1.54, 1.807) is 6.92 Å². The number of carbonyl (C=O) groups excluding carboxylic acids is 2. The predicted molar refractivity (Wildman–Crippen MR) is 91.7 cm³/mol. The zero-order valence-electron chi connectivity index (χ0n) is 13.6. The number of aromatic nitrogens is 1. The van der Waals surface area contributed by atoms with Crippen LogP contribution in [0.15, 0.2) is 41.0 Å². The van der Waals surface area contributed by atoms with Crippen LogP contribution in [-0.4, -0.2) is 23.5 Å². The molecular formula is C17H14BrF3N2O3. The van der Waals surface area contributed by atoms with Gasteiger partial charge in [0.25, 0.3) is 5.91 Å². The standard InChI is InChI=1S/C17H14BrF3N2O3/c1-2-26-15(24)9-14-11(4-3-7-22-14)16(25)23-10-5-6-13(18)12(8-10)17(19,20)21/h3-8H,2,9H2,1H3,(H,23,25). The van der Waals surface area contributed by atoms with Crippen molar-refractivity contribution in [3.05, 3.63) is 57.8 Å². The van der Waals surface area contributed by atoms with Gasteiger partial charge in [0.1, 0.15) is 0 Å².